The highest BCUT2D eigenvalue weighted by atomic mass is 28.3. The van der Waals surface area contributed by atoms with E-state index in [1.165, 1.54) is 10.9 Å². The molecule has 0 amide bonds. The third kappa shape index (κ3) is 5.61. The number of fused-ring (bicyclic) bond motifs is 1. The molecule has 0 spiro atoms. The second-order valence-electron chi connectivity index (χ2n) is 11.1. The first kappa shape index (κ1) is 29.7. The van der Waals surface area contributed by atoms with Crippen LogP contribution in [0.25, 0.3) is 10.9 Å². The molecule has 3 rings (SSSR count). The molecular formula is C32H45NO4Si. The Hall–Kier alpha value is -2.86. The van der Waals surface area contributed by atoms with E-state index in [2.05, 4.69) is 88.4 Å². The summed E-state index contributed by atoms with van der Waals surface area (Å²) in [6, 6.07) is 18.8. The number of para-hydroxylation sites is 1. The maximum Gasteiger partial charge on any atom is 0.320 e. The molecule has 38 heavy (non-hydrogen) atoms. The first-order valence-electron chi connectivity index (χ1n) is 14.1. The van der Waals surface area contributed by atoms with Gasteiger partial charge >= 0.3 is 11.9 Å². The average molecular weight is 536 g/mol. The second-order valence-corrected chi connectivity index (χ2v) is 16.8. The molecule has 1 unspecified atom stereocenters. The lowest BCUT2D eigenvalue weighted by atomic mass is 9.83. The van der Waals surface area contributed by atoms with Gasteiger partial charge in [0.1, 0.15) is 0 Å². The standard InChI is InChI=1S/C32H45NO4Si/c1-9-36-31(34)28(32(35)37-10-2)20-27(25-16-12-11-13-17-25)29-21-33(30-19-15-14-18-26(29)30)38(22(3)4,23(5)6)24(7)8/h11-19,21-24,27-28H,9-10,20H2,1-8H3. The minimum atomic E-state index is -2.07. The van der Waals surface area contributed by atoms with Crippen molar-refractivity contribution >= 4 is 31.1 Å². The third-order valence-corrected chi connectivity index (χ3v) is 14.9. The smallest absolute Gasteiger partial charge is 0.320 e. The van der Waals surface area contributed by atoms with E-state index in [1.54, 1.807) is 13.8 Å². The monoisotopic (exact) mass is 535 g/mol. The number of aromatic nitrogens is 1. The summed E-state index contributed by atoms with van der Waals surface area (Å²) in [5, 5.41) is 1.17. The van der Waals surface area contributed by atoms with Crippen LogP contribution in [0.5, 0.6) is 0 Å². The van der Waals surface area contributed by atoms with Crippen LogP contribution in [0.1, 0.15) is 78.9 Å². The number of nitrogens with zero attached hydrogens (tertiary/aromatic N) is 1. The lowest BCUT2D eigenvalue weighted by molar-refractivity contribution is -0.162. The molecule has 0 saturated heterocycles. The summed E-state index contributed by atoms with van der Waals surface area (Å²) in [5.74, 6) is -2.22. The average Bonchev–Trinajstić information content (AvgIpc) is 3.24. The SMILES string of the molecule is CCOC(=O)C(CC(c1ccccc1)c1cn([Si](C(C)C)(C(C)C)C(C)C)c2ccccc12)C(=O)OCC. The predicted octanol–water partition coefficient (Wildman–Crippen LogP) is 7.93. The fourth-order valence-corrected chi connectivity index (χ4v) is 13.4. The van der Waals surface area contributed by atoms with Gasteiger partial charge in [0.2, 0.25) is 0 Å². The Morgan fingerprint density at radius 3 is 1.76 bits per heavy atom. The molecule has 0 radical (unpaired) electrons. The Kier molecular flexibility index (Phi) is 9.99. The Labute approximate surface area is 229 Å². The number of rotatable bonds is 12. The molecule has 3 aromatic rings. The number of hydrogen-bond donors (Lipinski definition) is 0. The van der Waals surface area contributed by atoms with Gasteiger partial charge in [-0.05, 0) is 54.1 Å². The first-order valence-corrected chi connectivity index (χ1v) is 16.3. The van der Waals surface area contributed by atoms with E-state index in [0.717, 1.165) is 11.1 Å². The van der Waals surface area contributed by atoms with E-state index < -0.39 is 26.1 Å². The number of ether oxygens (including phenoxy) is 2. The Balaban J connectivity index is 2.30. The highest BCUT2D eigenvalue weighted by molar-refractivity contribution is 6.82. The lowest BCUT2D eigenvalue weighted by Gasteiger charge is -2.44. The van der Waals surface area contributed by atoms with E-state index in [9.17, 15) is 9.59 Å². The van der Waals surface area contributed by atoms with Crippen LogP contribution >= 0.6 is 0 Å². The molecular weight excluding hydrogens is 490 g/mol. The second kappa shape index (κ2) is 12.8. The van der Waals surface area contributed by atoms with Crippen LogP contribution in [-0.2, 0) is 19.1 Å². The molecule has 2 aromatic carbocycles. The zero-order chi connectivity index (χ0) is 28.0. The number of esters is 2. The maximum atomic E-state index is 13.0. The lowest BCUT2D eigenvalue weighted by Crippen LogP contribution is -2.51. The molecule has 206 valence electrons. The first-order chi connectivity index (χ1) is 18.1. The van der Waals surface area contributed by atoms with Crippen LogP contribution in [0.15, 0.2) is 60.8 Å². The Morgan fingerprint density at radius 2 is 1.26 bits per heavy atom. The zero-order valence-corrected chi connectivity index (χ0v) is 25.4. The minimum Gasteiger partial charge on any atom is -0.465 e. The highest BCUT2D eigenvalue weighted by Crippen LogP contribution is 2.46. The molecule has 0 aliphatic heterocycles. The molecule has 0 fully saturated rings. The quantitative estimate of drug-likeness (QED) is 0.134. The number of carbonyl (C=O) groups excluding carboxylic acids is 2. The van der Waals surface area contributed by atoms with Crippen LogP contribution in [0.4, 0.5) is 0 Å². The van der Waals surface area contributed by atoms with Gasteiger partial charge in [-0.15, -0.1) is 0 Å². The third-order valence-electron chi connectivity index (χ3n) is 8.13. The summed E-state index contributed by atoms with van der Waals surface area (Å²) >= 11 is 0. The Morgan fingerprint density at radius 1 is 0.763 bits per heavy atom. The Bertz CT molecular complexity index is 1170. The van der Waals surface area contributed by atoms with E-state index in [0.29, 0.717) is 16.6 Å². The molecule has 5 nitrogen and oxygen atoms in total. The van der Waals surface area contributed by atoms with Gasteiger partial charge in [-0.3, -0.25) is 9.59 Å². The zero-order valence-electron chi connectivity index (χ0n) is 24.4. The van der Waals surface area contributed by atoms with Crippen LogP contribution < -0.4 is 0 Å². The van der Waals surface area contributed by atoms with Gasteiger partial charge in [0.05, 0.1) is 13.2 Å². The van der Waals surface area contributed by atoms with Crippen molar-refractivity contribution in [3.8, 4) is 0 Å². The molecule has 0 bridgehead atoms. The molecule has 1 aromatic heterocycles. The van der Waals surface area contributed by atoms with Gasteiger partial charge in [-0.25, -0.2) is 0 Å². The summed E-state index contributed by atoms with van der Waals surface area (Å²) in [6.45, 7) is 18.2. The van der Waals surface area contributed by atoms with Crippen molar-refractivity contribution in [2.75, 3.05) is 13.2 Å². The fraction of sp³-hybridized carbons (Fsp3) is 0.500. The van der Waals surface area contributed by atoms with Crippen molar-refractivity contribution in [2.45, 2.75) is 84.4 Å². The van der Waals surface area contributed by atoms with Crippen molar-refractivity contribution in [3.63, 3.8) is 0 Å². The molecule has 0 N–H and O–H groups in total. The molecule has 0 aliphatic carbocycles. The van der Waals surface area contributed by atoms with E-state index >= 15 is 0 Å². The highest BCUT2D eigenvalue weighted by Gasteiger charge is 2.46. The van der Waals surface area contributed by atoms with Crippen molar-refractivity contribution in [1.82, 2.24) is 4.23 Å². The van der Waals surface area contributed by atoms with Crippen molar-refractivity contribution < 1.29 is 19.1 Å². The van der Waals surface area contributed by atoms with Gasteiger partial charge in [-0.1, -0.05) is 90.1 Å². The van der Waals surface area contributed by atoms with Crippen molar-refractivity contribution in [3.05, 3.63) is 71.9 Å². The van der Waals surface area contributed by atoms with Crippen LogP contribution in [0, 0.1) is 5.92 Å². The van der Waals surface area contributed by atoms with Gasteiger partial charge in [0, 0.05) is 23.0 Å². The summed E-state index contributed by atoms with van der Waals surface area (Å²) in [7, 11) is -2.07. The van der Waals surface area contributed by atoms with Gasteiger partial charge < -0.3 is 13.7 Å². The van der Waals surface area contributed by atoms with Crippen LogP contribution in [0.3, 0.4) is 0 Å². The normalized spacial score (nSPS) is 13.1. The number of benzene rings is 2. The molecule has 0 aliphatic rings. The van der Waals surface area contributed by atoms with Crippen molar-refractivity contribution in [1.29, 1.82) is 0 Å². The minimum absolute atomic E-state index is 0.181. The van der Waals surface area contributed by atoms with Crippen LogP contribution in [-0.4, -0.2) is 37.6 Å². The molecule has 1 heterocycles. The van der Waals surface area contributed by atoms with Gasteiger partial charge in [0.25, 0.3) is 0 Å². The van der Waals surface area contributed by atoms with E-state index in [1.807, 2.05) is 18.2 Å². The number of hydrogen-bond acceptors (Lipinski definition) is 4. The molecule has 1 atom stereocenters. The summed E-state index contributed by atoms with van der Waals surface area (Å²) < 4.78 is 13.3. The largest absolute Gasteiger partial charge is 0.465 e. The molecule has 6 heteroatoms. The fourth-order valence-electron chi connectivity index (χ4n) is 6.78. The van der Waals surface area contributed by atoms with Crippen LogP contribution in [0.2, 0.25) is 16.6 Å². The summed E-state index contributed by atoms with van der Waals surface area (Å²) in [4.78, 5) is 26.1. The van der Waals surface area contributed by atoms with E-state index in [4.69, 9.17) is 9.47 Å². The predicted molar refractivity (Wildman–Crippen MR) is 158 cm³/mol. The maximum absolute atomic E-state index is 13.0. The molecule has 0 saturated carbocycles. The number of carbonyl (C=O) groups is 2. The van der Waals surface area contributed by atoms with Gasteiger partial charge in [0.15, 0.2) is 14.2 Å². The van der Waals surface area contributed by atoms with Crippen molar-refractivity contribution in [2.24, 2.45) is 5.92 Å². The summed E-state index contributed by atoms with van der Waals surface area (Å²) in [6.07, 6.45) is 2.64. The summed E-state index contributed by atoms with van der Waals surface area (Å²) in [5.41, 5.74) is 5.01. The topological polar surface area (TPSA) is 57.5 Å². The van der Waals surface area contributed by atoms with Gasteiger partial charge in [-0.2, -0.15) is 0 Å². The van der Waals surface area contributed by atoms with E-state index in [-0.39, 0.29) is 25.6 Å².